The van der Waals surface area contributed by atoms with Gasteiger partial charge in [0.25, 0.3) is 0 Å². The van der Waals surface area contributed by atoms with E-state index in [1.54, 1.807) is 6.07 Å². The number of aromatic hydroxyl groups is 1. The summed E-state index contributed by atoms with van der Waals surface area (Å²) in [6, 6.07) is 7.66. The van der Waals surface area contributed by atoms with Crippen LogP contribution in [-0.4, -0.2) is 30.6 Å². The molecule has 0 aliphatic rings. The van der Waals surface area contributed by atoms with E-state index in [1.807, 2.05) is 12.1 Å². The van der Waals surface area contributed by atoms with E-state index in [4.69, 9.17) is 0 Å². The van der Waals surface area contributed by atoms with E-state index in [0.29, 0.717) is 17.6 Å². The van der Waals surface area contributed by atoms with E-state index in [9.17, 15) is 5.11 Å². The number of nitrogens with zero attached hydrogens (tertiary/aromatic N) is 1. The molecule has 16 heavy (non-hydrogen) atoms. The van der Waals surface area contributed by atoms with Gasteiger partial charge in [0.05, 0.1) is 0 Å². The van der Waals surface area contributed by atoms with Gasteiger partial charge < -0.3 is 10.0 Å². The zero-order valence-electron chi connectivity index (χ0n) is 10.8. The van der Waals surface area contributed by atoms with E-state index in [1.165, 1.54) is 5.56 Å². The lowest BCUT2D eigenvalue weighted by molar-refractivity contribution is 0.351. The largest absolute Gasteiger partial charge is 0.508 e. The standard InChI is InChI=1S/C14H23NO/c1-11(2)14(8-9-15(3)4)12-6-5-7-13(16)10-12/h5-7,10-11,14,16H,8-9H2,1-4H3/t14-/m0/s1. The third-order valence-corrected chi connectivity index (χ3v) is 2.99. The first-order valence-corrected chi connectivity index (χ1v) is 5.94. The fraction of sp³-hybridized carbons (Fsp3) is 0.571. The molecule has 0 spiro atoms. The Hall–Kier alpha value is -1.02. The van der Waals surface area contributed by atoms with Crippen LogP contribution in [-0.2, 0) is 0 Å². The maximum Gasteiger partial charge on any atom is 0.115 e. The summed E-state index contributed by atoms with van der Waals surface area (Å²) in [6.45, 7) is 5.56. The Morgan fingerprint density at radius 2 is 1.94 bits per heavy atom. The highest BCUT2D eigenvalue weighted by atomic mass is 16.3. The molecule has 0 saturated carbocycles. The average molecular weight is 221 g/mol. The molecule has 1 N–H and O–H groups in total. The van der Waals surface area contributed by atoms with E-state index in [0.717, 1.165) is 13.0 Å². The predicted molar refractivity (Wildman–Crippen MR) is 68.9 cm³/mol. The fourth-order valence-corrected chi connectivity index (χ4v) is 2.04. The normalized spacial score (nSPS) is 13.4. The van der Waals surface area contributed by atoms with Crippen molar-refractivity contribution >= 4 is 0 Å². The van der Waals surface area contributed by atoms with Crippen molar-refractivity contribution in [3.8, 4) is 5.75 Å². The number of benzene rings is 1. The summed E-state index contributed by atoms with van der Waals surface area (Å²) >= 11 is 0. The quantitative estimate of drug-likeness (QED) is 0.826. The molecule has 0 aromatic heterocycles. The smallest absolute Gasteiger partial charge is 0.115 e. The minimum absolute atomic E-state index is 0.369. The first-order valence-electron chi connectivity index (χ1n) is 5.94. The molecule has 0 radical (unpaired) electrons. The van der Waals surface area contributed by atoms with Crippen LogP contribution in [0.4, 0.5) is 0 Å². The van der Waals surface area contributed by atoms with Crippen LogP contribution >= 0.6 is 0 Å². The topological polar surface area (TPSA) is 23.5 Å². The van der Waals surface area contributed by atoms with Crippen LogP contribution in [0.25, 0.3) is 0 Å². The number of phenolic OH excluding ortho intramolecular Hbond substituents is 1. The second-order valence-electron chi connectivity index (χ2n) is 5.04. The van der Waals surface area contributed by atoms with Gasteiger partial charge in [-0.05, 0) is 56.6 Å². The molecule has 90 valence electrons. The van der Waals surface area contributed by atoms with Gasteiger partial charge in [-0.25, -0.2) is 0 Å². The highest BCUT2D eigenvalue weighted by Crippen LogP contribution is 2.29. The lowest BCUT2D eigenvalue weighted by atomic mass is 9.85. The highest BCUT2D eigenvalue weighted by molar-refractivity contribution is 5.30. The van der Waals surface area contributed by atoms with Gasteiger partial charge in [-0.15, -0.1) is 0 Å². The van der Waals surface area contributed by atoms with Gasteiger partial charge in [0.1, 0.15) is 5.75 Å². The first-order chi connectivity index (χ1) is 7.50. The molecule has 2 heteroatoms. The van der Waals surface area contributed by atoms with Crippen molar-refractivity contribution in [2.75, 3.05) is 20.6 Å². The van der Waals surface area contributed by atoms with Gasteiger partial charge in [-0.1, -0.05) is 26.0 Å². The third-order valence-electron chi connectivity index (χ3n) is 2.99. The molecule has 0 heterocycles. The van der Waals surface area contributed by atoms with Crippen molar-refractivity contribution in [1.29, 1.82) is 0 Å². The molecule has 0 amide bonds. The number of hydrogen-bond acceptors (Lipinski definition) is 2. The lowest BCUT2D eigenvalue weighted by Gasteiger charge is -2.23. The molecule has 0 aliphatic carbocycles. The van der Waals surface area contributed by atoms with Crippen molar-refractivity contribution in [2.45, 2.75) is 26.2 Å². The van der Waals surface area contributed by atoms with Gasteiger partial charge in [-0.2, -0.15) is 0 Å². The maximum atomic E-state index is 9.51. The predicted octanol–water partition coefficient (Wildman–Crippen LogP) is 3.08. The van der Waals surface area contributed by atoms with Crippen molar-refractivity contribution in [2.24, 2.45) is 5.92 Å². The second kappa shape index (κ2) is 5.90. The van der Waals surface area contributed by atoms with Crippen molar-refractivity contribution < 1.29 is 5.11 Å². The Morgan fingerprint density at radius 3 is 2.44 bits per heavy atom. The summed E-state index contributed by atoms with van der Waals surface area (Å²) < 4.78 is 0. The van der Waals surface area contributed by atoms with E-state index in [-0.39, 0.29) is 0 Å². The van der Waals surface area contributed by atoms with E-state index < -0.39 is 0 Å². The number of rotatable bonds is 5. The SMILES string of the molecule is CC(C)[C@H](CCN(C)C)c1cccc(O)c1. The van der Waals surface area contributed by atoms with Gasteiger partial charge in [-0.3, -0.25) is 0 Å². The molecule has 0 unspecified atom stereocenters. The fourth-order valence-electron chi connectivity index (χ4n) is 2.04. The summed E-state index contributed by atoms with van der Waals surface area (Å²) in [4.78, 5) is 2.21. The van der Waals surface area contributed by atoms with Crippen molar-refractivity contribution in [3.63, 3.8) is 0 Å². The summed E-state index contributed by atoms with van der Waals surface area (Å²) in [5.41, 5.74) is 1.25. The first kappa shape index (κ1) is 13.0. The molecule has 0 fully saturated rings. The Balaban J connectivity index is 2.77. The minimum atomic E-state index is 0.369. The van der Waals surface area contributed by atoms with Gasteiger partial charge in [0.2, 0.25) is 0 Å². The van der Waals surface area contributed by atoms with Crippen LogP contribution in [0.2, 0.25) is 0 Å². The minimum Gasteiger partial charge on any atom is -0.508 e. The molecule has 0 aliphatic heterocycles. The van der Waals surface area contributed by atoms with Gasteiger partial charge in [0, 0.05) is 0 Å². The number of phenols is 1. The van der Waals surface area contributed by atoms with Crippen LogP contribution in [0.1, 0.15) is 31.7 Å². The van der Waals surface area contributed by atoms with Crippen LogP contribution in [0.15, 0.2) is 24.3 Å². The molecule has 1 atom stereocenters. The Kier molecular flexibility index (Phi) is 4.81. The highest BCUT2D eigenvalue weighted by Gasteiger charge is 2.16. The Labute approximate surface area is 98.9 Å². The summed E-state index contributed by atoms with van der Waals surface area (Å²) in [5, 5.41) is 9.51. The molecule has 1 rings (SSSR count). The second-order valence-corrected chi connectivity index (χ2v) is 5.04. The molecule has 0 saturated heterocycles. The van der Waals surface area contributed by atoms with E-state index in [2.05, 4.69) is 38.9 Å². The summed E-state index contributed by atoms with van der Waals surface area (Å²) in [7, 11) is 4.19. The molecule has 2 nitrogen and oxygen atoms in total. The molecule has 1 aromatic carbocycles. The summed E-state index contributed by atoms with van der Waals surface area (Å²) in [6.07, 6.45) is 1.13. The molecule has 0 bridgehead atoms. The molecular weight excluding hydrogens is 198 g/mol. The van der Waals surface area contributed by atoms with Crippen LogP contribution in [0.5, 0.6) is 5.75 Å². The molecular formula is C14H23NO. The van der Waals surface area contributed by atoms with Crippen molar-refractivity contribution in [3.05, 3.63) is 29.8 Å². The third kappa shape index (κ3) is 3.86. The van der Waals surface area contributed by atoms with Crippen LogP contribution in [0.3, 0.4) is 0 Å². The van der Waals surface area contributed by atoms with Crippen LogP contribution < -0.4 is 0 Å². The Bertz CT molecular complexity index is 320. The maximum absolute atomic E-state index is 9.51. The van der Waals surface area contributed by atoms with Gasteiger partial charge in [0.15, 0.2) is 0 Å². The Morgan fingerprint density at radius 1 is 1.25 bits per heavy atom. The zero-order valence-corrected chi connectivity index (χ0v) is 10.8. The average Bonchev–Trinajstić information content (AvgIpc) is 2.17. The molecule has 1 aromatic rings. The summed E-state index contributed by atoms with van der Waals surface area (Å²) in [5.74, 6) is 1.49. The van der Waals surface area contributed by atoms with Crippen molar-refractivity contribution in [1.82, 2.24) is 4.90 Å². The monoisotopic (exact) mass is 221 g/mol. The zero-order chi connectivity index (χ0) is 12.1. The lowest BCUT2D eigenvalue weighted by Crippen LogP contribution is -2.18. The van der Waals surface area contributed by atoms with E-state index >= 15 is 0 Å². The number of hydrogen-bond donors (Lipinski definition) is 1. The van der Waals surface area contributed by atoms with Crippen LogP contribution in [0, 0.1) is 5.92 Å². The van der Waals surface area contributed by atoms with Gasteiger partial charge >= 0.3 is 0 Å².